The summed E-state index contributed by atoms with van der Waals surface area (Å²) >= 11 is 0. The number of fused-ring (bicyclic) bond motifs is 1. The van der Waals surface area contributed by atoms with Gasteiger partial charge >= 0.3 is 6.18 Å². The van der Waals surface area contributed by atoms with Crippen LogP contribution in [0.3, 0.4) is 0 Å². The Morgan fingerprint density at radius 1 is 1.32 bits per heavy atom. The van der Waals surface area contributed by atoms with Crippen molar-refractivity contribution < 1.29 is 32.5 Å². The maximum atomic E-state index is 14.9. The van der Waals surface area contributed by atoms with Gasteiger partial charge in [-0.25, -0.2) is 13.9 Å². The van der Waals surface area contributed by atoms with E-state index in [0.29, 0.717) is 11.7 Å². The Labute approximate surface area is 174 Å². The Kier molecular flexibility index (Phi) is 5.46. The second-order valence-electron chi connectivity index (χ2n) is 7.55. The van der Waals surface area contributed by atoms with Crippen LogP contribution >= 0.6 is 0 Å². The van der Waals surface area contributed by atoms with Gasteiger partial charge in [-0.1, -0.05) is 6.07 Å². The number of nitrogens with zero attached hydrogens (tertiary/aromatic N) is 3. The van der Waals surface area contributed by atoms with Crippen LogP contribution < -0.4 is 5.32 Å². The fourth-order valence-electron chi connectivity index (χ4n) is 3.85. The van der Waals surface area contributed by atoms with Gasteiger partial charge in [0.25, 0.3) is 0 Å². The lowest BCUT2D eigenvalue weighted by Crippen LogP contribution is -2.58. The van der Waals surface area contributed by atoms with Crippen molar-refractivity contribution >= 4 is 5.65 Å². The van der Waals surface area contributed by atoms with E-state index in [1.54, 1.807) is 12.4 Å². The Hall–Kier alpha value is -2.60. The van der Waals surface area contributed by atoms with Crippen molar-refractivity contribution in [1.82, 2.24) is 19.9 Å². The van der Waals surface area contributed by atoms with Gasteiger partial charge in [0.05, 0.1) is 35.6 Å². The highest BCUT2D eigenvalue weighted by Gasteiger charge is 2.46. The average molecular weight is 440 g/mol. The summed E-state index contributed by atoms with van der Waals surface area (Å²) in [5.74, 6) is -1.15. The monoisotopic (exact) mass is 440 g/mol. The van der Waals surface area contributed by atoms with E-state index >= 15 is 0 Å². The van der Waals surface area contributed by atoms with E-state index in [4.69, 9.17) is 4.74 Å². The van der Waals surface area contributed by atoms with Gasteiger partial charge in [0, 0.05) is 24.6 Å². The minimum Gasteiger partial charge on any atom is -0.388 e. The number of nitrogens with one attached hydrogen (secondary N) is 1. The fraction of sp³-hybridized carbons (Fsp3) is 0.400. The lowest BCUT2D eigenvalue weighted by molar-refractivity contribution is -0.137. The smallest absolute Gasteiger partial charge is 0.388 e. The van der Waals surface area contributed by atoms with E-state index in [2.05, 4.69) is 15.4 Å². The van der Waals surface area contributed by atoms with E-state index < -0.39 is 35.4 Å². The van der Waals surface area contributed by atoms with Gasteiger partial charge in [-0.3, -0.25) is 5.32 Å². The zero-order chi connectivity index (χ0) is 22.4. The molecule has 0 amide bonds. The van der Waals surface area contributed by atoms with Gasteiger partial charge in [0.1, 0.15) is 12.0 Å². The molecule has 3 heterocycles. The highest BCUT2D eigenvalue weighted by Crippen LogP contribution is 2.39. The predicted molar refractivity (Wildman–Crippen MR) is 100 cm³/mol. The zero-order valence-corrected chi connectivity index (χ0v) is 16.4. The molecule has 4 rings (SSSR count). The van der Waals surface area contributed by atoms with Crippen LogP contribution in [0.2, 0.25) is 0 Å². The minimum atomic E-state index is -4.71. The van der Waals surface area contributed by atoms with Gasteiger partial charge in [-0.05, 0) is 31.0 Å². The highest BCUT2D eigenvalue weighted by molar-refractivity contribution is 5.47. The number of aromatic nitrogens is 3. The van der Waals surface area contributed by atoms with Crippen LogP contribution in [0.4, 0.5) is 17.6 Å². The van der Waals surface area contributed by atoms with Gasteiger partial charge in [-0.15, -0.1) is 0 Å². The summed E-state index contributed by atoms with van der Waals surface area (Å²) in [7, 11) is 0. The highest BCUT2D eigenvalue weighted by atomic mass is 19.4. The van der Waals surface area contributed by atoms with Gasteiger partial charge in [0.2, 0.25) is 0 Å². The molecule has 0 radical (unpaired) electrons. The Bertz CT molecular complexity index is 1100. The lowest BCUT2D eigenvalue weighted by Gasteiger charge is -2.44. The molecule has 0 aliphatic carbocycles. The Morgan fingerprint density at radius 3 is 2.77 bits per heavy atom. The number of aryl methyl sites for hydroxylation is 1. The van der Waals surface area contributed by atoms with E-state index in [1.807, 2.05) is 6.92 Å². The van der Waals surface area contributed by atoms with E-state index in [-0.39, 0.29) is 30.8 Å². The van der Waals surface area contributed by atoms with Crippen molar-refractivity contribution in [2.75, 3.05) is 13.2 Å². The van der Waals surface area contributed by atoms with Crippen molar-refractivity contribution in [3.8, 4) is 0 Å². The largest absolute Gasteiger partial charge is 0.416 e. The number of rotatable bonds is 4. The van der Waals surface area contributed by atoms with Crippen molar-refractivity contribution in [1.29, 1.82) is 0 Å². The predicted octanol–water partition coefficient (Wildman–Crippen LogP) is 2.45. The first-order valence-corrected chi connectivity index (χ1v) is 9.50. The second-order valence-corrected chi connectivity index (χ2v) is 7.55. The molecule has 1 aliphatic heterocycles. The Balaban J connectivity index is 1.75. The summed E-state index contributed by atoms with van der Waals surface area (Å²) in [6, 6.07) is 2.10. The number of halogens is 4. The van der Waals surface area contributed by atoms with Crippen LogP contribution in [0, 0.1) is 12.7 Å². The molecule has 1 aliphatic rings. The summed E-state index contributed by atoms with van der Waals surface area (Å²) in [5.41, 5.74) is -1.48. The third-order valence-corrected chi connectivity index (χ3v) is 5.46. The molecule has 3 aromatic rings. The quantitative estimate of drug-likeness (QED) is 0.427. The molecular weight excluding hydrogens is 420 g/mol. The summed E-state index contributed by atoms with van der Waals surface area (Å²) in [6.07, 6.45) is -2.81. The van der Waals surface area contributed by atoms with Gasteiger partial charge in [-0.2, -0.15) is 18.3 Å². The van der Waals surface area contributed by atoms with E-state index in [9.17, 15) is 27.8 Å². The third-order valence-electron chi connectivity index (χ3n) is 5.46. The second kappa shape index (κ2) is 7.83. The topological polar surface area (TPSA) is 91.9 Å². The number of benzene rings is 1. The number of alkyl halides is 3. The SMILES string of the molecule is Cc1cnc2c(C(O)NC3(c4ccc(C(F)(F)F)cc4F)CCOCC3O)cnn2c1. The van der Waals surface area contributed by atoms with Gasteiger partial charge < -0.3 is 14.9 Å². The maximum absolute atomic E-state index is 14.9. The fourth-order valence-corrected chi connectivity index (χ4v) is 3.85. The number of aliphatic hydroxyl groups is 2. The summed E-state index contributed by atoms with van der Waals surface area (Å²) in [6.45, 7) is 1.74. The molecule has 1 saturated heterocycles. The van der Waals surface area contributed by atoms with Crippen molar-refractivity contribution in [2.24, 2.45) is 0 Å². The molecule has 1 fully saturated rings. The summed E-state index contributed by atoms with van der Waals surface area (Å²) in [5, 5.41) is 28.5. The first-order chi connectivity index (χ1) is 14.6. The van der Waals surface area contributed by atoms with E-state index in [0.717, 1.165) is 17.7 Å². The van der Waals surface area contributed by atoms with E-state index in [1.165, 1.54) is 10.7 Å². The van der Waals surface area contributed by atoms with Crippen molar-refractivity contribution in [3.05, 3.63) is 64.9 Å². The molecule has 7 nitrogen and oxygen atoms in total. The number of hydrogen-bond acceptors (Lipinski definition) is 6. The molecule has 1 aromatic carbocycles. The molecule has 11 heteroatoms. The molecule has 166 valence electrons. The van der Waals surface area contributed by atoms with Crippen LogP contribution in [-0.2, 0) is 16.5 Å². The Morgan fingerprint density at radius 2 is 2.10 bits per heavy atom. The molecule has 0 saturated carbocycles. The molecule has 3 atom stereocenters. The summed E-state index contributed by atoms with van der Waals surface area (Å²) in [4.78, 5) is 4.24. The molecule has 0 bridgehead atoms. The average Bonchev–Trinajstić information content (AvgIpc) is 3.12. The van der Waals surface area contributed by atoms with Crippen LogP contribution in [0.1, 0.15) is 34.9 Å². The van der Waals surface area contributed by atoms with Crippen LogP contribution in [0.25, 0.3) is 5.65 Å². The molecule has 3 N–H and O–H groups in total. The lowest BCUT2D eigenvalue weighted by atomic mass is 9.79. The first-order valence-electron chi connectivity index (χ1n) is 9.50. The molecule has 2 aromatic heterocycles. The van der Waals surface area contributed by atoms with Crippen molar-refractivity contribution in [3.63, 3.8) is 0 Å². The normalized spacial score (nSPS) is 23.3. The molecule has 3 unspecified atom stereocenters. The van der Waals surface area contributed by atoms with Gasteiger partial charge in [0.15, 0.2) is 5.65 Å². The standard InChI is InChI=1S/C20H20F4N4O3/c1-11-7-25-17-13(8-26-28(17)9-11)18(30)27-19(4-5-31-10-16(19)29)14-3-2-12(6-15(14)21)20(22,23)24/h2-3,6-9,16,18,27,29-30H,4-5,10H2,1H3. The maximum Gasteiger partial charge on any atom is 0.416 e. The molecular formula is C20H20F4N4O3. The number of hydrogen-bond donors (Lipinski definition) is 3. The minimum absolute atomic E-state index is 0.0132. The molecule has 0 spiro atoms. The number of ether oxygens (including phenoxy) is 1. The van der Waals surface area contributed by atoms with Crippen LogP contribution in [-0.4, -0.2) is 44.1 Å². The third kappa shape index (κ3) is 3.89. The van der Waals surface area contributed by atoms with Crippen LogP contribution in [0.5, 0.6) is 0 Å². The van der Waals surface area contributed by atoms with Crippen LogP contribution in [0.15, 0.2) is 36.8 Å². The number of aliphatic hydroxyl groups excluding tert-OH is 2. The zero-order valence-electron chi connectivity index (χ0n) is 16.4. The first kappa shape index (κ1) is 21.6. The summed E-state index contributed by atoms with van der Waals surface area (Å²) < 4.78 is 60.5. The van der Waals surface area contributed by atoms with Crippen molar-refractivity contribution in [2.45, 2.75) is 37.4 Å². The molecule has 31 heavy (non-hydrogen) atoms.